The average molecular weight is 356 g/mol. The monoisotopic (exact) mass is 356 g/mol. The Labute approximate surface area is 149 Å². The molecule has 25 heavy (non-hydrogen) atoms. The first kappa shape index (κ1) is 17.4. The summed E-state index contributed by atoms with van der Waals surface area (Å²) < 4.78 is 5.30. The number of aromatic nitrogens is 2. The molecule has 3 aromatic rings. The molecule has 2 aromatic heterocycles. The first-order chi connectivity index (χ1) is 12.0. The number of benzene rings is 1. The van der Waals surface area contributed by atoms with E-state index in [0.717, 1.165) is 5.56 Å². The first-order valence-corrected chi connectivity index (χ1v) is 9.00. The maximum Gasteiger partial charge on any atom is 0.348 e. The quantitative estimate of drug-likeness (QED) is 0.708. The molecule has 0 aliphatic rings. The van der Waals surface area contributed by atoms with Gasteiger partial charge in [-0.05, 0) is 24.0 Å². The molecule has 2 heterocycles. The molecule has 0 fully saturated rings. The molecule has 1 N–H and O–H groups in total. The summed E-state index contributed by atoms with van der Waals surface area (Å²) >= 11 is 1.22. The van der Waals surface area contributed by atoms with Crippen molar-refractivity contribution in [3.8, 4) is 0 Å². The van der Waals surface area contributed by atoms with Crippen molar-refractivity contribution in [2.45, 2.75) is 27.2 Å². The molecule has 0 aliphatic carbocycles. The number of esters is 1. The van der Waals surface area contributed by atoms with Crippen molar-refractivity contribution in [1.29, 1.82) is 0 Å². The van der Waals surface area contributed by atoms with Gasteiger partial charge in [0.2, 0.25) is 0 Å². The molecule has 1 aromatic carbocycles. The third-order valence-electron chi connectivity index (χ3n) is 3.80. The summed E-state index contributed by atoms with van der Waals surface area (Å²) in [4.78, 5) is 33.1. The number of thiophene rings is 1. The maximum atomic E-state index is 12.5. The van der Waals surface area contributed by atoms with Gasteiger partial charge in [0.1, 0.15) is 15.5 Å². The van der Waals surface area contributed by atoms with Gasteiger partial charge in [0.25, 0.3) is 5.56 Å². The molecule has 0 spiro atoms. The molecule has 130 valence electrons. The molecule has 3 rings (SSSR count). The number of carbonyl (C=O) groups is 1. The molecular formula is C19H20N2O3S. The normalized spacial score (nSPS) is 11.2. The van der Waals surface area contributed by atoms with Crippen molar-refractivity contribution in [3.63, 3.8) is 0 Å². The minimum absolute atomic E-state index is 0.215. The van der Waals surface area contributed by atoms with Crippen molar-refractivity contribution in [2.75, 3.05) is 6.61 Å². The molecule has 0 radical (unpaired) electrons. The Kier molecular flexibility index (Phi) is 4.99. The van der Waals surface area contributed by atoms with Crippen LogP contribution in [-0.2, 0) is 11.2 Å². The van der Waals surface area contributed by atoms with Crippen LogP contribution in [0.3, 0.4) is 0 Å². The minimum Gasteiger partial charge on any atom is -0.461 e. The second-order valence-electron chi connectivity index (χ2n) is 6.40. The SMILES string of the molecule is Cc1c(C(=O)OCC(C)C)sc2nc(Cc3ccccc3)[nH]c(=O)c12. The second-order valence-corrected chi connectivity index (χ2v) is 7.40. The number of aryl methyl sites for hydroxylation is 1. The van der Waals surface area contributed by atoms with Crippen LogP contribution in [0.1, 0.15) is 40.5 Å². The van der Waals surface area contributed by atoms with Crippen LogP contribution in [0, 0.1) is 12.8 Å². The maximum absolute atomic E-state index is 12.5. The largest absolute Gasteiger partial charge is 0.461 e. The van der Waals surface area contributed by atoms with E-state index in [4.69, 9.17) is 4.74 Å². The number of aromatic amines is 1. The lowest BCUT2D eigenvalue weighted by Crippen LogP contribution is -2.12. The Hall–Kier alpha value is -2.47. The van der Waals surface area contributed by atoms with Crippen molar-refractivity contribution in [2.24, 2.45) is 5.92 Å². The molecule has 6 heteroatoms. The number of ether oxygens (including phenoxy) is 1. The summed E-state index contributed by atoms with van der Waals surface area (Å²) in [5.41, 5.74) is 1.48. The van der Waals surface area contributed by atoms with Gasteiger partial charge in [-0.15, -0.1) is 11.3 Å². The van der Waals surface area contributed by atoms with Crippen LogP contribution < -0.4 is 5.56 Å². The van der Waals surface area contributed by atoms with E-state index in [2.05, 4.69) is 9.97 Å². The summed E-state index contributed by atoms with van der Waals surface area (Å²) in [6, 6.07) is 9.81. The number of nitrogens with zero attached hydrogens (tertiary/aromatic N) is 1. The molecule has 0 saturated carbocycles. The van der Waals surface area contributed by atoms with Gasteiger partial charge >= 0.3 is 5.97 Å². The Bertz CT molecular complexity index is 958. The number of hydrogen-bond acceptors (Lipinski definition) is 5. The van der Waals surface area contributed by atoms with E-state index in [-0.39, 0.29) is 11.5 Å². The number of hydrogen-bond donors (Lipinski definition) is 1. The topological polar surface area (TPSA) is 72.0 Å². The standard InChI is InChI=1S/C19H20N2O3S/c1-11(2)10-24-19(23)16-12(3)15-17(22)20-14(21-18(15)25-16)9-13-7-5-4-6-8-13/h4-8,11H,9-10H2,1-3H3,(H,20,21,22). The van der Waals surface area contributed by atoms with Crippen LogP contribution in [0.4, 0.5) is 0 Å². The van der Waals surface area contributed by atoms with Crippen LogP contribution >= 0.6 is 11.3 Å². The number of nitrogens with one attached hydrogen (secondary N) is 1. The highest BCUT2D eigenvalue weighted by atomic mass is 32.1. The summed E-state index contributed by atoms with van der Waals surface area (Å²) in [6.45, 7) is 6.08. The van der Waals surface area contributed by atoms with Gasteiger partial charge in [0.15, 0.2) is 0 Å². The highest BCUT2D eigenvalue weighted by molar-refractivity contribution is 7.20. The third kappa shape index (κ3) is 3.79. The number of fused-ring (bicyclic) bond motifs is 1. The summed E-state index contributed by atoms with van der Waals surface area (Å²) in [5, 5.41) is 0.471. The lowest BCUT2D eigenvalue weighted by Gasteiger charge is -2.05. The van der Waals surface area contributed by atoms with E-state index >= 15 is 0 Å². The van der Waals surface area contributed by atoms with E-state index in [1.165, 1.54) is 11.3 Å². The smallest absolute Gasteiger partial charge is 0.348 e. The predicted octanol–water partition coefficient (Wildman–Crippen LogP) is 3.70. The first-order valence-electron chi connectivity index (χ1n) is 8.19. The van der Waals surface area contributed by atoms with Crippen molar-refractivity contribution in [3.05, 3.63) is 62.5 Å². The molecule has 0 amide bonds. The lowest BCUT2D eigenvalue weighted by atomic mass is 10.1. The molecule has 0 unspecified atom stereocenters. The molecule has 0 bridgehead atoms. The van der Waals surface area contributed by atoms with Gasteiger partial charge in [0.05, 0.1) is 12.0 Å². The van der Waals surface area contributed by atoms with E-state index in [1.807, 2.05) is 44.2 Å². The van der Waals surface area contributed by atoms with Crippen LogP contribution in [0.15, 0.2) is 35.1 Å². The minimum atomic E-state index is -0.391. The fraction of sp³-hybridized carbons (Fsp3) is 0.316. The Morgan fingerprint density at radius 1 is 1.28 bits per heavy atom. The van der Waals surface area contributed by atoms with E-state index in [0.29, 0.717) is 39.5 Å². The van der Waals surface area contributed by atoms with Crippen LogP contribution in [-0.4, -0.2) is 22.5 Å². The zero-order chi connectivity index (χ0) is 18.0. The van der Waals surface area contributed by atoms with E-state index in [1.54, 1.807) is 6.92 Å². The fourth-order valence-electron chi connectivity index (χ4n) is 2.56. The lowest BCUT2D eigenvalue weighted by molar-refractivity contribution is 0.0464. The highest BCUT2D eigenvalue weighted by Crippen LogP contribution is 2.28. The van der Waals surface area contributed by atoms with Crippen molar-refractivity contribution >= 4 is 27.5 Å². The van der Waals surface area contributed by atoms with Gasteiger partial charge in [-0.25, -0.2) is 9.78 Å². The van der Waals surface area contributed by atoms with Gasteiger partial charge in [-0.3, -0.25) is 4.79 Å². The zero-order valence-electron chi connectivity index (χ0n) is 14.5. The average Bonchev–Trinajstić information content (AvgIpc) is 2.90. The number of H-pyrrole nitrogens is 1. The van der Waals surface area contributed by atoms with Gasteiger partial charge in [-0.2, -0.15) is 0 Å². The van der Waals surface area contributed by atoms with Gasteiger partial charge in [-0.1, -0.05) is 44.2 Å². The number of carbonyl (C=O) groups excluding carboxylic acids is 1. The number of rotatable bonds is 5. The predicted molar refractivity (Wildman–Crippen MR) is 99.3 cm³/mol. The summed E-state index contributed by atoms with van der Waals surface area (Å²) in [7, 11) is 0. The van der Waals surface area contributed by atoms with Crippen LogP contribution in [0.2, 0.25) is 0 Å². The second kappa shape index (κ2) is 7.19. The van der Waals surface area contributed by atoms with E-state index < -0.39 is 5.97 Å². The molecule has 5 nitrogen and oxygen atoms in total. The Morgan fingerprint density at radius 3 is 2.68 bits per heavy atom. The third-order valence-corrected chi connectivity index (χ3v) is 4.96. The van der Waals surface area contributed by atoms with Crippen molar-refractivity contribution < 1.29 is 9.53 Å². The Balaban J connectivity index is 1.96. The van der Waals surface area contributed by atoms with E-state index in [9.17, 15) is 9.59 Å². The van der Waals surface area contributed by atoms with Crippen LogP contribution in [0.5, 0.6) is 0 Å². The summed E-state index contributed by atoms with van der Waals surface area (Å²) in [6.07, 6.45) is 0.538. The Morgan fingerprint density at radius 2 is 2.00 bits per heavy atom. The molecule has 0 aliphatic heterocycles. The van der Waals surface area contributed by atoms with Gasteiger partial charge < -0.3 is 9.72 Å². The molecular weight excluding hydrogens is 336 g/mol. The molecule has 0 atom stereocenters. The molecule has 0 saturated heterocycles. The van der Waals surface area contributed by atoms with Crippen LogP contribution in [0.25, 0.3) is 10.2 Å². The zero-order valence-corrected chi connectivity index (χ0v) is 15.3. The fourth-order valence-corrected chi connectivity index (χ4v) is 3.66. The van der Waals surface area contributed by atoms with Crippen molar-refractivity contribution in [1.82, 2.24) is 9.97 Å². The highest BCUT2D eigenvalue weighted by Gasteiger charge is 2.20. The summed E-state index contributed by atoms with van der Waals surface area (Å²) in [5.74, 6) is 0.461. The van der Waals surface area contributed by atoms with Gasteiger partial charge in [0, 0.05) is 6.42 Å².